The summed E-state index contributed by atoms with van der Waals surface area (Å²) in [5.41, 5.74) is 0.685. The van der Waals surface area contributed by atoms with Crippen molar-refractivity contribution in [2.24, 2.45) is 0 Å². The Kier molecular flexibility index (Phi) is 3.72. The standard InChI is InChI=1S/C14H16IN3O/c15-9-6-7-12-11(8-9)13(19)18-14(17-12)16-10-4-2-1-3-5-10/h6-8,10H,1-5H2,(H2,16,17,18,19). The molecule has 0 unspecified atom stereocenters. The highest BCUT2D eigenvalue weighted by Crippen LogP contribution is 2.20. The second-order valence-corrected chi connectivity index (χ2v) is 6.30. The highest BCUT2D eigenvalue weighted by Gasteiger charge is 2.14. The first-order valence-electron chi connectivity index (χ1n) is 6.68. The minimum absolute atomic E-state index is 0.0678. The van der Waals surface area contributed by atoms with E-state index in [1.165, 1.54) is 19.3 Å². The van der Waals surface area contributed by atoms with Crippen LogP contribution in [0.1, 0.15) is 32.1 Å². The third-order valence-corrected chi connectivity index (χ3v) is 4.28. The Labute approximate surface area is 125 Å². The van der Waals surface area contributed by atoms with Crippen LogP contribution in [0, 0.1) is 3.57 Å². The molecule has 1 fully saturated rings. The van der Waals surface area contributed by atoms with Crippen molar-refractivity contribution in [2.45, 2.75) is 38.1 Å². The Morgan fingerprint density at radius 2 is 2.05 bits per heavy atom. The summed E-state index contributed by atoms with van der Waals surface area (Å²) in [6.07, 6.45) is 6.16. The summed E-state index contributed by atoms with van der Waals surface area (Å²) >= 11 is 2.20. The lowest BCUT2D eigenvalue weighted by atomic mass is 9.96. The fraction of sp³-hybridized carbons (Fsp3) is 0.429. The summed E-state index contributed by atoms with van der Waals surface area (Å²) in [5.74, 6) is 0.602. The zero-order valence-electron chi connectivity index (χ0n) is 10.6. The number of nitrogens with zero attached hydrogens (tertiary/aromatic N) is 1. The summed E-state index contributed by atoms with van der Waals surface area (Å²) < 4.78 is 1.05. The third-order valence-electron chi connectivity index (χ3n) is 3.61. The van der Waals surface area contributed by atoms with Crippen molar-refractivity contribution in [3.8, 4) is 0 Å². The van der Waals surface area contributed by atoms with Crippen LogP contribution in [-0.2, 0) is 0 Å². The maximum Gasteiger partial charge on any atom is 0.260 e. The molecule has 100 valence electrons. The van der Waals surface area contributed by atoms with Gasteiger partial charge in [0, 0.05) is 9.61 Å². The fourth-order valence-corrected chi connectivity index (χ4v) is 3.11. The van der Waals surface area contributed by atoms with Crippen molar-refractivity contribution in [1.82, 2.24) is 9.97 Å². The van der Waals surface area contributed by atoms with Gasteiger partial charge in [-0.3, -0.25) is 9.78 Å². The van der Waals surface area contributed by atoms with E-state index >= 15 is 0 Å². The number of benzene rings is 1. The molecule has 2 aromatic rings. The van der Waals surface area contributed by atoms with E-state index in [-0.39, 0.29) is 5.56 Å². The molecular formula is C14H16IN3O. The zero-order chi connectivity index (χ0) is 13.2. The zero-order valence-corrected chi connectivity index (χ0v) is 12.7. The van der Waals surface area contributed by atoms with Crippen LogP contribution in [0.5, 0.6) is 0 Å². The highest BCUT2D eigenvalue weighted by atomic mass is 127. The second kappa shape index (κ2) is 5.48. The molecule has 0 atom stereocenters. The van der Waals surface area contributed by atoms with Crippen molar-refractivity contribution in [2.75, 3.05) is 5.32 Å². The predicted octanol–water partition coefficient (Wildman–Crippen LogP) is 3.27. The Morgan fingerprint density at radius 3 is 2.84 bits per heavy atom. The molecule has 19 heavy (non-hydrogen) atoms. The van der Waals surface area contributed by atoms with Gasteiger partial charge in [-0.05, 0) is 53.6 Å². The summed E-state index contributed by atoms with van der Waals surface area (Å²) in [5, 5.41) is 4.01. The number of H-pyrrole nitrogens is 1. The van der Waals surface area contributed by atoms with Gasteiger partial charge in [0.15, 0.2) is 0 Å². The molecule has 1 heterocycles. The van der Waals surface area contributed by atoms with Gasteiger partial charge in [-0.25, -0.2) is 4.98 Å². The maximum atomic E-state index is 12.1. The lowest BCUT2D eigenvalue weighted by Crippen LogP contribution is -2.25. The number of aromatic nitrogens is 2. The number of anilines is 1. The average Bonchev–Trinajstić information content (AvgIpc) is 2.41. The number of nitrogens with one attached hydrogen (secondary N) is 2. The molecule has 1 aromatic heterocycles. The molecule has 0 radical (unpaired) electrons. The molecule has 1 aliphatic rings. The van der Waals surface area contributed by atoms with E-state index in [0.29, 0.717) is 17.4 Å². The summed E-state index contributed by atoms with van der Waals surface area (Å²) in [6.45, 7) is 0. The molecule has 0 amide bonds. The molecule has 2 N–H and O–H groups in total. The van der Waals surface area contributed by atoms with Crippen molar-refractivity contribution in [3.05, 3.63) is 32.1 Å². The molecular weight excluding hydrogens is 353 g/mol. The average molecular weight is 369 g/mol. The molecule has 4 nitrogen and oxygen atoms in total. The fourth-order valence-electron chi connectivity index (χ4n) is 2.62. The normalized spacial score (nSPS) is 16.7. The van der Waals surface area contributed by atoms with Crippen LogP contribution in [0.4, 0.5) is 5.95 Å². The first-order valence-corrected chi connectivity index (χ1v) is 7.76. The first-order chi connectivity index (χ1) is 9.22. The van der Waals surface area contributed by atoms with E-state index in [0.717, 1.165) is 21.9 Å². The maximum absolute atomic E-state index is 12.1. The Morgan fingerprint density at radius 1 is 1.26 bits per heavy atom. The van der Waals surface area contributed by atoms with Crippen LogP contribution in [0.2, 0.25) is 0 Å². The quantitative estimate of drug-likeness (QED) is 0.799. The van der Waals surface area contributed by atoms with Crippen LogP contribution in [0.25, 0.3) is 10.9 Å². The van der Waals surface area contributed by atoms with Gasteiger partial charge in [0.2, 0.25) is 5.95 Å². The van der Waals surface area contributed by atoms with E-state index in [1.54, 1.807) is 0 Å². The molecule has 1 aromatic carbocycles. The molecule has 5 heteroatoms. The lowest BCUT2D eigenvalue weighted by Gasteiger charge is -2.22. The summed E-state index contributed by atoms with van der Waals surface area (Å²) in [4.78, 5) is 19.4. The lowest BCUT2D eigenvalue weighted by molar-refractivity contribution is 0.461. The Balaban J connectivity index is 1.92. The van der Waals surface area contributed by atoms with Gasteiger partial charge in [0.1, 0.15) is 0 Å². The second-order valence-electron chi connectivity index (χ2n) is 5.06. The smallest absolute Gasteiger partial charge is 0.260 e. The molecule has 1 saturated carbocycles. The number of hydrogen-bond donors (Lipinski definition) is 2. The number of aromatic amines is 1. The minimum Gasteiger partial charge on any atom is -0.353 e. The first kappa shape index (κ1) is 12.9. The van der Waals surface area contributed by atoms with Crippen molar-refractivity contribution < 1.29 is 0 Å². The van der Waals surface area contributed by atoms with Gasteiger partial charge < -0.3 is 5.32 Å². The molecule has 0 aliphatic heterocycles. The Bertz CT molecular complexity index is 647. The predicted molar refractivity (Wildman–Crippen MR) is 85.6 cm³/mol. The molecule has 3 rings (SSSR count). The van der Waals surface area contributed by atoms with Crippen LogP contribution < -0.4 is 10.9 Å². The van der Waals surface area contributed by atoms with Gasteiger partial charge in [-0.1, -0.05) is 19.3 Å². The molecule has 1 aliphatic carbocycles. The van der Waals surface area contributed by atoms with Crippen LogP contribution in [-0.4, -0.2) is 16.0 Å². The van der Waals surface area contributed by atoms with E-state index < -0.39 is 0 Å². The molecule has 0 bridgehead atoms. The van der Waals surface area contributed by atoms with E-state index in [9.17, 15) is 4.79 Å². The number of halogens is 1. The number of hydrogen-bond acceptors (Lipinski definition) is 3. The van der Waals surface area contributed by atoms with Crippen molar-refractivity contribution in [1.29, 1.82) is 0 Å². The van der Waals surface area contributed by atoms with Crippen LogP contribution in [0.15, 0.2) is 23.0 Å². The van der Waals surface area contributed by atoms with Crippen LogP contribution >= 0.6 is 22.6 Å². The summed E-state index contributed by atoms with van der Waals surface area (Å²) in [7, 11) is 0. The van der Waals surface area contributed by atoms with E-state index in [4.69, 9.17) is 0 Å². The molecule has 0 saturated heterocycles. The minimum atomic E-state index is -0.0678. The SMILES string of the molecule is O=c1[nH]c(NC2CCCCC2)nc2ccc(I)cc12. The van der Waals surface area contributed by atoms with Crippen molar-refractivity contribution in [3.63, 3.8) is 0 Å². The largest absolute Gasteiger partial charge is 0.353 e. The highest BCUT2D eigenvalue weighted by molar-refractivity contribution is 14.1. The number of rotatable bonds is 2. The van der Waals surface area contributed by atoms with Gasteiger partial charge in [0.05, 0.1) is 10.9 Å². The molecule has 0 spiro atoms. The van der Waals surface area contributed by atoms with Gasteiger partial charge in [-0.2, -0.15) is 0 Å². The van der Waals surface area contributed by atoms with Gasteiger partial charge in [0.25, 0.3) is 5.56 Å². The topological polar surface area (TPSA) is 57.8 Å². The Hall–Kier alpha value is -1.11. The number of fused-ring (bicyclic) bond motifs is 1. The van der Waals surface area contributed by atoms with Crippen LogP contribution in [0.3, 0.4) is 0 Å². The van der Waals surface area contributed by atoms with Gasteiger partial charge in [-0.15, -0.1) is 0 Å². The van der Waals surface area contributed by atoms with E-state index in [1.807, 2.05) is 18.2 Å². The van der Waals surface area contributed by atoms with E-state index in [2.05, 4.69) is 37.9 Å². The monoisotopic (exact) mass is 369 g/mol. The third kappa shape index (κ3) is 2.91. The van der Waals surface area contributed by atoms with Gasteiger partial charge >= 0.3 is 0 Å². The summed E-state index contributed by atoms with van der Waals surface area (Å²) in [6, 6.07) is 6.18. The van der Waals surface area contributed by atoms with Crippen molar-refractivity contribution >= 4 is 39.4 Å².